The Morgan fingerprint density at radius 1 is 0.897 bits per heavy atom. The van der Waals surface area contributed by atoms with Gasteiger partial charge in [-0.1, -0.05) is 71.2 Å². The molecule has 0 fully saturated rings. The van der Waals surface area contributed by atoms with Crippen LogP contribution in [0.4, 0.5) is 0 Å². The number of carbonyl (C=O) groups is 2. The lowest BCUT2D eigenvalue weighted by molar-refractivity contribution is 0.0422. The first-order chi connectivity index (χ1) is 14.0. The van der Waals surface area contributed by atoms with E-state index >= 15 is 0 Å². The molecule has 4 heteroatoms. The Balaban J connectivity index is 2.06. The maximum atomic E-state index is 12.7. The summed E-state index contributed by atoms with van der Waals surface area (Å²) >= 11 is 0. The van der Waals surface area contributed by atoms with Gasteiger partial charge < -0.3 is 9.47 Å². The number of hydrogen-bond donors (Lipinski definition) is 0. The van der Waals surface area contributed by atoms with Crippen molar-refractivity contribution >= 4 is 11.9 Å². The molecule has 2 aromatic carbocycles. The van der Waals surface area contributed by atoms with Crippen LogP contribution < -0.4 is 4.74 Å². The molecule has 0 saturated carbocycles. The molecule has 0 aliphatic carbocycles. The van der Waals surface area contributed by atoms with E-state index in [0.717, 1.165) is 25.7 Å². The molecule has 1 unspecified atom stereocenters. The zero-order valence-corrected chi connectivity index (χ0v) is 17.9. The van der Waals surface area contributed by atoms with E-state index in [2.05, 4.69) is 27.7 Å². The van der Waals surface area contributed by atoms with Gasteiger partial charge in [-0.2, -0.15) is 0 Å². The summed E-state index contributed by atoms with van der Waals surface area (Å²) in [5, 5.41) is 0. The van der Waals surface area contributed by atoms with Crippen molar-refractivity contribution in [3.05, 3.63) is 65.2 Å². The zero-order chi connectivity index (χ0) is 21.2. The van der Waals surface area contributed by atoms with Crippen molar-refractivity contribution in [3.63, 3.8) is 0 Å². The lowest BCUT2D eigenvalue weighted by Crippen LogP contribution is -2.18. The van der Waals surface area contributed by atoms with Gasteiger partial charge in [-0.25, -0.2) is 9.59 Å². The fraction of sp³-hybridized carbons (Fsp3) is 0.440. The van der Waals surface area contributed by atoms with Crippen molar-refractivity contribution in [2.75, 3.05) is 6.61 Å². The van der Waals surface area contributed by atoms with E-state index < -0.39 is 11.9 Å². The highest BCUT2D eigenvalue weighted by molar-refractivity contribution is 6.03. The monoisotopic (exact) mass is 396 g/mol. The van der Waals surface area contributed by atoms with Crippen molar-refractivity contribution in [2.24, 2.45) is 5.92 Å². The van der Waals surface area contributed by atoms with Crippen LogP contribution in [-0.2, 0) is 4.74 Å². The van der Waals surface area contributed by atoms with Crippen molar-refractivity contribution < 1.29 is 19.1 Å². The molecule has 0 aromatic heterocycles. The maximum Gasteiger partial charge on any atom is 0.344 e. The quantitative estimate of drug-likeness (QED) is 0.344. The Hall–Kier alpha value is -2.62. The van der Waals surface area contributed by atoms with Crippen molar-refractivity contribution in [1.29, 1.82) is 0 Å². The van der Waals surface area contributed by atoms with Crippen LogP contribution in [0.25, 0.3) is 0 Å². The average Bonchev–Trinajstić information content (AvgIpc) is 2.74. The summed E-state index contributed by atoms with van der Waals surface area (Å²) in [6.45, 7) is 8.83. The summed E-state index contributed by atoms with van der Waals surface area (Å²) in [6.07, 6.45) is 4.24. The zero-order valence-electron chi connectivity index (χ0n) is 17.9. The van der Waals surface area contributed by atoms with Crippen LogP contribution in [0, 0.1) is 5.92 Å². The van der Waals surface area contributed by atoms with E-state index in [1.807, 2.05) is 12.1 Å². The molecule has 0 bridgehead atoms. The van der Waals surface area contributed by atoms with E-state index in [1.165, 1.54) is 5.56 Å². The maximum absolute atomic E-state index is 12.7. The number of ether oxygens (including phenoxy) is 2. The highest BCUT2D eigenvalue weighted by Gasteiger charge is 2.20. The first kappa shape index (κ1) is 22.7. The van der Waals surface area contributed by atoms with Crippen LogP contribution in [-0.4, -0.2) is 18.5 Å². The molecule has 0 aliphatic rings. The minimum absolute atomic E-state index is 0.215. The molecule has 2 aromatic rings. The summed E-state index contributed by atoms with van der Waals surface area (Å²) in [6, 6.07) is 14.1. The molecule has 29 heavy (non-hydrogen) atoms. The lowest BCUT2D eigenvalue weighted by Gasteiger charge is -2.15. The van der Waals surface area contributed by atoms with Gasteiger partial charge in [0, 0.05) is 0 Å². The van der Waals surface area contributed by atoms with Gasteiger partial charge in [0.2, 0.25) is 0 Å². The molecule has 0 spiro atoms. The molecule has 0 amide bonds. The predicted octanol–water partition coefficient (Wildman–Crippen LogP) is 6.40. The van der Waals surface area contributed by atoms with Gasteiger partial charge in [-0.15, -0.1) is 0 Å². The van der Waals surface area contributed by atoms with Crippen LogP contribution in [0.1, 0.15) is 85.6 Å². The second kappa shape index (κ2) is 11.4. The summed E-state index contributed by atoms with van der Waals surface area (Å²) in [7, 11) is 0. The molecule has 0 N–H and O–H groups in total. The number of esters is 2. The molecule has 0 saturated heterocycles. The molecule has 156 valence electrons. The first-order valence-corrected chi connectivity index (χ1v) is 10.5. The molecule has 1 atom stereocenters. The van der Waals surface area contributed by atoms with Crippen molar-refractivity contribution in [2.45, 2.75) is 59.3 Å². The predicted molar refractivity (Wildman–Crippen MR) is 116 cm³/mol. The van der Waals surface area contributed by atoms with Crippen molar-refractivity contribution in [1.82, 2.24) is 0 Å². The van der Waals surface area contributed by atoms with Gasteiger partial charge in [0.05, 0.1) is 17.7 Å². The number of unbranched alkanes of at least 4 members (excludes halogenated alkanes) is 1. The number of hydrogen-bond acceptors (Lipinski definition) is 4. The minimum atomic E-state index is -0.562. The van der Waals surface area contributed by atoms with E-state index in [4.69, 9.17) is 9.47 Å². The second-order valence-corrected chi connectivity index (χ2v) is 7.67. The molecule has 0 heterocycles. The fourth-order valence-electron chi connectivity index (χ4n) is 3.09. The normalized spacial score (nSPS) is 11.9. The summed E-state index contributed by atoms with van der Waals surface area (Å²) < 4.78 is 11.0. The highest BCUT2D eigenvalue weighted by Crippen LogP contribution is 2.21. The van der Waals surface area contributed by atoms with E-state index in [0.29, 0.717) is 24.2 Å². The number of carbonyl (C=O) groups excluding carboxylic acids is 2. The first-order valence-electron chi connectivity index (χ1n) is 10.5. The summed E-state index contributed by atoms with van der Waals surface area (Å²) in [5.41, 5.74) is 1.62. The molecule has 0 radical (unpaired) electrons. The number of benzene rings is 2. The van der Waals surface area contributed by atoms with Crippen LogP contribution in [0.2, 0.25) is 0 Å². The average molecular weight is 397 g/mol. The van der Waals surface area contributed by atoms with Gasteiger partial charge >= 0.3 is 11.9 Å². The Bertz CT molecular complexity index is 793. The fourth-order valence-corrected chi connectivity index (χ4v) is 3.09. The van der Waals surface area contributed by atoms with E-state index in [-0.39, 0.29) is 11.1 Å². The summed E-state index contributed by atoms with van der Waals surface area (Å²) in [5.74, 6) is 0.153. The third-order valence-electron chi connectivity index (χ3n) is 5.12. The third kappa shape index (κ3) is 6.74. The van der Waals surface area contributed by atoms with Crippen LogP contribution in [0.15, 0.2) is 48.5 Å². The molecular weight excluding hydrogens is 364 g/mol. The van der Waals surface area contributed by atoms with Crippen LogP contribution in [0.5, 0.6) is 5.75 Å². The lowest BCUT2D eigenvalue weighted by atomic mass is 10.0. The topological polar surface area (TPSA) is 52.6 Å². The van der Waals surface area contributed by atoms with Gasteiger partial charge in [-0.3, -0.25) is 0 Å². The van der Waals surface area contributed by atoms with Gasteiger partial charge in [0.1, 0.15) is 5.75 Å². The van der Waals surface area contributed by atoms with Crippen molar-refractivity contribution in [3.8, 4) is 5.75 Å². The molecular formula is C25H32O4. The minimum Gasteiger partial charge on any atom is -0.462 e. The number of rotatable bonds is 10. The van der Waals surface area contributed by atoms with Crippen LogP contribution in [0.3, 0.4) is 0 Å². The largest absolute Gasteiger partial charge is 0.462 e. The van der Waals surface area contributed by atoms with Crippen LogP contribution >= 0.6 is 0 Å². The van der Waals surface area contributed by atoms with Gasteiger partial charge in [0.15, 0.2) is 0 Å². The Kier molecular flexibility index (Phi) is 8.91. The smallest absolute Gasteiger partial charge is 0.344 e. The standard InChI is InChI=1S/C25H32O4/c1-5-7-10-19(6-2)17-28-24(26)22-11-8-9-12-23(22)25(27)29-21-15-13-20(14-16-21)18(3)4/h8-9,11-16,18-19H,5-7,10,17H2,1-4H3. The summed E-state index contributed by atoms with van der Waals surface area (Å²) in [4.78, 5) is 25.3. The Labute approximate surface area is 174 Å². The Morgan fingerprint density at radius 3 is 2.07 bits per heavy atom. The van der Waals surface area contributed by atoms with Gasteiger partial charge in [-0.05, 0) is 48.1 Å². The molecule has 2 rings (SSSR count). The van der Waals surface area contributed by atoms with E-state index in [9.17, 15) is 9.59 Å². The SMILES string of the molecule is CCCCC(CC)COC(=O)c1ccccc1C(=O)Oc1ccc(C(C)C)cc1. The molecule has 0 aliphatic heterocycles. The third-order valence-corrected chi connectivity index (χ3v) is 5.12. The van der Waals surface area contributed by atoms with Gasteiger partial charge in [0.25, 0.3) is 0 Å². The van der Waals surface area contributed by atoms with E-state index in [1.54, 1.807) is 36.4 Å². The second-order valence-electron chi connectivity index (χ2n) is 7.67. The Morgan fingerprint density at radius 2 is 1.52 bits per heavy atom. The highest BCUT2D eigenvalue weighted by atomic mass is 16.5. The molecule has 4 nitrogen and oxygen atoms in total.